The molecule has 2 atom stereocenters. The first kappa shape index (κ1) is 14.6. The van der Waals surface area contributed by atoms with Gasteiger partial charge in [-0.05, 0) is 25.5 Å². The molecule has 1 saturated carbocycles. The maximum absolute atomic E-state index is 11.1. The van der Waals surface area contributed by atoms with Gasteiger partial charge in [-0.25, -0.2) is 4.79 Å². The molecule has 0 saturated heterocycles. The molecule has 0 aromatic rings. The fourth-order valence-electron chi connectivity index (χ4n) is 2.14. The Morgan fingerprint density at radius 2 is 2.29 bits per heavy atom. The Kier molecular flexibility index (Phi) is 7.37. The van der Waals surface area contributed by atoms with Gasteiger partial charge >= 0.3 is 5.97 Å². The van der Waals surface area contributed by atoms with Gasteiger partial charge in [0.15, 0.2) is 0 Å². The summed E-state index contributed by atoms with van der Waals surface area (Å²) in [4.78, 5) is 11.1. The molecule has 0 aromatic heterocycles. The molecule has 0 heterocycles. The maximum atomic E-state index is 11.1. The van der Waals surface area contributed by atoms with Gasteiger partial charge in [0, 0.05) is 23.9 Å². The van der Waals surface area contributed by atoms with Crippen molar-refractivity contribution in [1.29, 1.82) is 0 Å². The first-order valence-electron chi connectivity index (χ1n) is 6.46. The molecule has 1 fully saturated rings. The van der Waals surface area contributed by atoms with E-state index in [2.05, 4.69) is 12.2 Å². The second kappa shape index (κ2) is 8.59. The Hall–Kier alpha value is -0.480. The van der Waals surface area contributed by atoms with Crippen LogP contribution in [0.1, 0.15) is 33.1 Å². The number of rotatable bonds is 7. The van der Waals surface area contributed by atoms with Crippen molar-refractivity contribution >= 4 is 17.7 Å². The third-order valence-corrected chi connectivity index (χ3v) is 4.20. The van der Waals surface area contributed by atoms with Crippen molar-refractivity contribution < 1.29 is 9.53 Å². The number of carbonyl (C=O) groups is 1. The van der Waals surface area contributed by atoms with Crippen LogP contribution in [0.5, 0.6) is 0 Å². The van der Waals surface area contributed by atoms with Crippen LogP contribution < -0.4 is 5.32 Å². The standard InChI is InChI=1S/C13H23NO2S/c1-3-16-13(15)9-6-10-14-11-7-5-8-12(11)17-4-2/h6,9,11-12,14H,3-5,7-8,10H2,1-2H3/b9-6+. The third-order valence-electron chi connectivity index (χ3n) is 2.87. The van der Waals surface area contributed by atoms with Crippen LogP contribution in [0.2, 0.25) is 0 Å². The zero-order chi connectivity index (χ0) is 12.5. The highest BCUT2D eigenvalue weighted by atomic mass is 32.2. The molecular weight excluding hydrogens is 234 g/mol. The summed E-state index contributed by atoms with van der Waals surface area (Å²) in [5.74, 6) is 0.932. The van der Waals surface area contributed by atoms with E-state index in [9.17, 15) is 4.79 Å². The van der Waals surface area contributed by atoms with E-state index < -0.39 is 0 Å². The van der Waals surface area contributed by atoms with Crippen LogP contribution >= 0.6 is 11.8 Å². The summed E-state index contributed by atoms with van der Waals surface area (Å²) in [6, 6.07) is 0.604. The van der Waals surface area contributed by atoms with E-state index in [1.807, 2.05) is 24.8 Å². The molecule has 3 nitrogen and oxygen atoms in total. The Labute approximate surface area is 108 Å². The Balaban J connectivity index is 2.19. The molecule has 1 aliphatic carbocycles. The lowest BCUT2D eigenvalue weighted by molar-refractivity contribution is -0.137. The molecule has 0 spiro atoms. The summed E-state index contributed by atoms with van der Waals surface area (Å²) in [5, 5.41) is 4.24. The molecule has 4 heteroatoms. The lowest BCUT2D eigenvalue weighted by atomic mass is 10.2. The van der Waals surface area contributed by atoms with Gasteiger partial charge in [-0.1, -0.05) is 19.4 Å². The second-order valence-electron chi connectivity index (χ2n) is 4.09. The zero-order valence-electron chi connectivity index (χ0n) is 10.8. The van der Waals surface area contributed by atoms with Gasteiger partial charge in [-0.3, -0.25) is 0 Å². The average molecular weight is 257 g/mol. The number of esters is 1. The number of hydrogen-bond acceptors (Lipinski definition) is 4. The quantitative estimate of drug-likeness (QED) is 0.561. The fraction of sp³-hybridized carbons (Fsp3) is 0.769. The molecule has 1 N–H and O–H groups in total. The minimum atomic E-state index is -0.250. The Morgan fingerprint density at radius 3 is 3.00 bits per heavy atom. The van der Waals surface area contributed by atoms with Crippen molar-refractivity contribution in [3.8, 4) is 0 Å². The van der Waals surface area contributed by atoms with Gasteiger partial charge in [0.05, 0.1) is 6.61 Å². The van der Waals surface area contributed by atoms with Crippen LogP contribution in [0.25, 0.3) is 0 Å². The van der Waals surface area contributed by atoms with Crippen molar-refractivity contribution in [2.75, 3.05) is 18.9 Å². The molecule has 2 unspecified atom stereocenters. The predicted octanol–water partition coefficient (Wildman–Crippen LogP) is 2.37. The lowest BCUT2D eigenvalue weighted by Crippen LogP contribution is -2.34. The first-order chi connectivity index (χ1) is 8.27. The van der Waals surface area contributed by atoms with Crippen molar-refractivity contribution in [3.05, 3.63) is 12.2 Å². The fourth-order valence-corrected chi connectivity index (χ4v) is 3.36. The van der Waals surface area contributed by atoms with Gasteiger partial charge in [0.2, 0.25) is 0 Å². The highest BCUT2D eigenvalue weighted by Crippen LogP contribution is 2.29. The normalized spacial score (nSPS) is 24.4. The zero-order valence-corrected chi connectivity index (χ0v) is 11.6. The lowest BCUT2D eigenvalue weighted by Gasteiger charge is -2.19. The maximum Gasteiger partial charge on any atom is 0.330 e. The van der Waals surface area contributed by atoms with E-state index in [0.29, 0.717) is 12.6 Å². The predicted molar refractivity (Wildman–Crippen MR) is 73.3 cm³/mol. The van der Waals surface area contributed by atoms with Gasteiger partial charge in [-0.2, -0.15) is 11.8 Å². The Morgan fingerprint density at radius 1 is 1.47 bits per heavy atom. The number of hydrogen-bond donors (Lipinski definition) is 1. The summed E-state index contributed by atoms with van der Waals surface area (Å²) >= 11 is 2.04. The minimum absolute atomic E-state index is 0.250. The number of thioether (sulfide) groups is 1. The van der Waals surface area contributed by atoms with Gasteiger partial charge < -0.3 is 10.1 Å². The number of ether oxygens (including phenoxy) is 1. The van der Waals surface area contributed by atoms with Gasteiger partial charge in [0.1, 0.15) is 0 Å². The molecular formula is C13H23NO2S. The highest BCUT2D eigenvalue weighted by molar-refractivity contribution is 7.99. The van der Waals surface area contributed by atoms with Crippen molar-refractivity contribution in [1.82, 2.24) is 5.32 Å². The molecule has 1 aliphatic rings. The van der Waals surface area contributed by atoms with E-state index >= 15 is 0 Å². The molecule has 98 valence electrons. The van der Waals surface area contributed by atoms with Crippen LogP contribution in [0, 0.1) is 0 Å². The number of carbonyl (C=O) groups excluding carboxylic acids is 1. The SMILES string of the molecule is CCOC(=O)/C=C/CNC1CCCC1SCC. The molecule has 0 bridgehead atoms. The van der Waals surface area contributed by atoms with E-state index in [0.717, 1.165) is 11.8 Å². The first-order valence-corrected chi connectivity index (χ1v) is 7.51. The molecule has 0 radical (unpaired) electrons. The largest absolute Gasteiger partial charge is 0.463 e. The van der Waals surface area contributed by atoms with Crippen molar-refractivity contribution in [2.45, 2.75) is 44.4 Å². The second-order valence-corrected chi connectivity index (χ2v) is 5.61. The number of nitrogens with one attached hydrogen (secondary N) is 1. The molecule has 0 aliphatic heterocycles. The third kappa shape index (κ3) is 5.59. The molecule has 1 rings (SSSR count). The van der Waals surface area contributed by atoms with Crippen LogP contribution in [0.15, 0.2) is 12.2 Å². The summed E-state index contributed by atoms with van der Waals surface area (Å²) in [6.45, 7) is 5.22. The smallest absolute Gasteiger partial charge is 0.330 e. The molecule has 0 amide bonds. The monoisotopic (exact) mass is 257 g/mol. The average Bonchev–Trinajstić information content (AvgIpc) is 2.73. The van der Waals surface area contributed by atoms with E-state index in [4.69, 9.17) is 4.74 Å². The summed E-state index contributed by atoms with van der Waals surface area (Å²) in [6.07, 6.45) is 7.25. The molecule has 17 heavy (non-hydrogen) atoms. The topological polar surface area (TPSA) is 38.3 Å². The Bertz CT molecular complexity index is 256. The summed E-state index contributed by atoms with van der Waals surface area (Å²) in [7, 11) is 0. The van der Waals surface area contributed by atoms with Crippen LogP contribution in [0.3, 0.4) is 0 Å². The van der Waals surface area contributed by atoms with Crippen molar-refractivity contribution in [3.63, 3.8) is 0 Å². The summed E-state index contributed by atoms with van der Waals surface area (Å²) < 4.78 is 4.82. The summed E-state index contributed by atoms with van der Waals surface area (Å²) in [5.41, 5.74) is 0. The highest BCUT2D eigenvalue weighted by Gasteiger charge is 2.25. The van der Waals surface area contributed by atoms with E-state index in [-0.39, 0.29) is 5.97 Å². The van der Waals surface area contributed by atoms with Crippen LogP contribution in [0.4, 0.5) is 0 Å². The molecule has 0 aromatic carbocycles. The van der Waals surface area contributed by atoms with Gasteiger partial charge in [-0.15, -0.1) is 0 Å². The van der Waals surface area contributed by atoms with Crippen LogP contribution in [-0.2, 0) is 9.53 Å². The van der Waals surface area contributed by atoms with E-state index in [1.54, 1.807) is 0 Å². The van der Waals surface area contributed by atoms with Crippen molar-refractivity contribution in [2.24, 2.45) is 0 Å². The van der Waals surface area contributed by atoms with E-state index in [1.165, 1.54) is 31.1 Å². The minimum Gasteiger partial charge on any atom is -0.463 e. The van der Waals surface area contributed by atoms with Gasteiger partial charge in [0.25, 0.3) is 0 Å². The van der Waals surface area contributed by atoms with Crippen LogP contribution in [-0.4, -0.2) is 36.2 Å².